The molecule has 1 heterocycles. The number of benzene rings is 1. The number of hydrogen-bond donors (Lipinski definition) is 2. The molecule has 0 aromatic heterocycles. The molecule has 1 aromatic carbocycles. The van der Waals surface area contributed by atoms with Gasteiger partial charge in [-0.3, -0.25) is 10.1 Å². The van der Waals surface area contributed by atoms with Crippen LogP contribution in [0.15, 0.2) is 18.2 Å². The monoisotopic (exact) mass is 162 g/mol. The van der Waals surface area contributed by atoms with Crippen molar-refractivity contribution in [1.29, 1.82) is 0 Å². The molecule has 3 heteroatoms. The van der Waals surface area contributed by atoms with Crippen LogP contribution < -0.4 is 10.6 Å². The molecule has 2 rings (SSSR count). The van der Waals surface area contributed by atoms with Crippen LogP contribution in [0.2, 0.25) is 0 Å². The van der Waals surface area contributed by atoms with Crippen molar-refractivity contribution >= 4 is 12.0 Å². The van der Waals surface area contributed by atoms with Gasteiger partial charge in [0, 0.05) is 17.8 Å². The maximum Gasteiger partial charge on any atom is 0.150 e. The van der Waals surface area contributed by atoms with E-state index in [2.05, 4.69) is 10.6 Å². The summed E-state index contributed by atoms with van der Waals surface area (Å²) in [6, 6.07) is 5.68. The number of carbonyl (C=O) groups is 1. The van der Waals surface area contributed by atoms with Gasteiger partial charge in [-0.05, 0) is 11.6 Å². The summed E-state index contributed by atoms with van der Waals surface area (Å²) in [4.78, 5) is 10.4. The van der Waals surface area contributed by atoms with E-state index in [0.29, 0.717) is 0 Å². The second-order valence-corrected chi connectivity index (χ2v) is 2.81. The van der Waals surface area contributed by atoms with Crippen LogP contribution in [0.3, 0.4) is 0 Å². The van der Waals surface area contributed by atoms with Gasteiger partial charge in [0.2, 0.25) is 0 Å². The van der Waals surface area contributed by atoms with E-state index < -0.39 is 0 Å². The minimum Gasteiger partial charge on any atom is -0.372 e. The van der Waals surface area contributed by atoms with E-state index in [4.69, 9.17) is 0 Å². The summed E-state index contributed by atoms with van der Waals surface area (Å²) in [5.41, 5.74) is 3.01. The van der Waals surface area contributed by atoms with Gasteiger partial charge >= 0.3 is 0 Å². The molecule has 0 unspecified atom stereocenters. The molecule has 3 nitrogen and oxygen atoms in total. The van der Waals surface area contributed by atoms with Crippen LogP contribution in [0, 0.1) is 0 Å². The van der Waals surface area contributed by atoms with Gasteiger partial charge in [-0.2, -0.15) is 0 Å². The molecule has 0 saturated heterocycles. The van der Waals surface area contributed by atoms with Crippen LogP contribution in [0.4, 0.5) is 5.69 Å². The highest BCUT2D eigenvalue weighted by molar-refractivity contribution is 5.77. The number of fused-ring (bicyclic) bond motifs is 1. The van der Waals surface area contributed by atoms with Crippen molar-refractivity contribution in [3.05, 3.63) is 29.3 Å². The minimum absolute atomic E-state index is 0.725. The van der Waals surface area contributed by atoms with Crippen molar-refractivity contribution < 1.29 is 4.79 Å². The summed E-state index contributed by atoms with van der Waals surface area (Å²) in [6.45, 7) is 1.65. The second kappa shape index (κ2) is 2.95. The first-order valence-corrected chi connectivity index (χ1v) is 3.93. The molecule has 2 N–H and O–H groups in total. The largest absolute Gasteiger partial charge is 0.372 e. The highest BCUT2D eigenvalue weighted by Gasteiger charge is 2.06. The van der Waals surface area contributed by atoms with Crippen LogP contribution >= 0.6 is 0 Å². The Balaban J connectivity index is 2.42. The number of aldehydes is 1. The van der Waals surface area contributed by atoms with Crippen LogP contribution in [0.5, 0.6) is 0 Å². The summed E-state index contributed by atoms with van der Waals surface area (Å²) < 4.78 is 0. The van der Waals surface area contributed by atoms with Crippen molar-refractivity contribution in [3.8, 4) is 0 Å². The first-order chi connectivity index (χ1) is 5.90. The maximum absolute atomic E-state index is 10.4. The van der Waals surface area contributed by atoms with Gasteiger partial charge in [-0.25, -0.2) is 0 Å². The second-order valence-electron chi connectivity index (χ2n) is 2.81. The number of hydrogen-bond acceptors (Lipinski definition) is 3. The number of nitrogens with one attached hydrogen (secondary N) is 2. The summed E-state index contributed by atoms with van der Waals surface area (Å²) in [7, 11) is 0. The topological polar surface area (TPSA) is 41.1 Å². The lowest BCUT2D eigenvalue weighted by atomic mass is 10.1. The first-order valence-electron chi connectivity index (χ1n) is 3.93. The molecule has 12 heavy (non-hydrogen) atoms. The average Bonchev–Trinajstić information content (AvgIpc) is 2.17. The molecule has 0 atom stereocenters. The quantitative estimate of drug-likeness (QED) is 0.604. The Morgan fingerprint density at radius 2 is 2.33 bits per heavy atom. The van der Waals surface area contributed by atoms with E-state index in [1.807, 2.05) is 18.2 Å². The fourth-order valence-corrected chi connectivity index (χ4v) is 1.34. The Kier molecular flexibility index (Phi) is 1.80. The fraction of sp³-hybridized carbons (Fsp3) is 0.222. The van der Waals surface area contributed by atoms with Crippen molar-refractivity contribution in [2.24, 2.45) is 0 Å². The standard InChI is InChI=1S/C9H10N2O/c12-5-7-1-2-8-4-10-6-11-9(8)3-7/h1-3,5,10-11H,4,6H2. The zero-order valence-electron chi connectivity index (χ0n) is 6.63. The Bertz CT molecular complexity index is 309. The molecule has 0 spiro atoms. The third kappa shape index (κ3) is 1.19. The molecule has 1 aliphatic heterocycles. The smallest absolute Gasteiger partial charge is 0.150 e. The molecular weight excluding hydrogens is 152 g/mol. The predicted molar refractivity (Wildman–Crippen MR) is 47.2 cm³/mol. The van der Waals surface area contributed by atoms with Crippen molar-refractivity contribution in [2.45, 2.75) is 6.54 Å². The molecule has 62 valence electrons. The maximum atomic E-state index is 10.4. The number of rotatable bonds is 1. The van der Waals surface area contributed by atoms with E-state index in [9.17, 15) is 4.79 Å². The predicted octanol–water partition coefficient (Wildman–Crippen LogP) is 0.972. The van der Waals surface area contributed by atoms with Crippen LogP contribution in [0.1, 0.15) is 15.9 Å². The Morgan fingerprint density at radius 3 is 3.17 bits per heavy atom. The van der Waals surface area contributed by atoms with Gasteiger partial charge in [0.25, 0.3) is 0 Å². The molecule has 0 saturated carbocycles. The van der Waals surface area contributed by atoms with Crippen LogP contribution in [-0.4, -0.2) is 13.0 Å². The fourth-order valence-electron chi connectivity index (χ4n) is 1.34. The third-order valence-electron chi connectivity index (χ3n) is 1.99. The van der Waals surface area contributed by atoms with Crippen LogP contribution in [-0.2, 0) is 6.54 Å². The molecule has 1 aromatic rings. The van der Waals surface area contributed by atoms with Gasteiger partial charge in [0.1, 0.15) is 6.29 Å². The first kappa shape index (κ1) is 7.31. The van der Waals surface area contributed by atoms with Crippen LogP contribution in [0.25, 0.3) is 0 Å². The molecule has 0 amide bonds. The highest BCUT2D eigenvalue weighted by Crippen LogP contribution is 2.18. The van der Waals surface area contributed by atoms with Crippen molar-refractivity contribution in [3.63, 3.8) is 0 Å². The van der Waals surface area contributed by atoms with Gasteiger partial charge in [0.05, 0.1) is 6.67 Å². The lowest BCUT2D eigenvalue weighted by Gasteiger charge is -2.18. The zero-order valence-corrected chi connectivity index (χ0v) is 6.63. The molecular formula is C9H10N2O. The summed E-state index contributed by atoms with van der Waals surface area (Å²) >= 11 is 0. The van der Waals surface area contributed by atoms with Gasteiger partial charge in [-0.1, -0.05) is 12.1 Å². The number of carbonyl (C=O) groups excluding carboxylic acids is 1. The zero-order chi connectivity index (χ0) is 8.39. The van der Waals surface area contributed by atoms with E-state index >= 15 is 0 Å². The molecule has 0 bridgehead atoms. The van der Waals surface area contributed by atoms with Crippen molar-refractivity contribution in [1.82, 2.24) is 5.32 Å². The molecule has 0 aliphatic carbocycles. The SMILES string of the molecule is O=Cc1ccc2c(c1)NCNC2. The lowest BCUT2D eigenvalue weighted by molar-refractivity contribution is 0.112. The lowest BCUT2D eigenvalue weighted by Crippen LogP contribution is -2.27. The van der Waals surface area contributed by atoms with E-state index in [0.717, 1.165) is 30.8 Å². The summed E-state index contributed by atoms with van der Waals surface area (Å²) in [5.74, 6) is 0. The normalized spacial score (nSPS) is 14.7. The molecule has 0 fully saturated rings. The van der Waals surface area contributed by atoms with E-state index in [-0.39, 0.29) is 0 Å². The van der Waals surface area contributed by atoms with Gasteiger partial charge in [0.15, 0.2) is 0 Å². The Labute approximate surface area is 70.8 Å². The van der Waals surface area contributed by atoms with Crippen molar-refractivity contribution in [2.75, 3.05) is 12.0 Å². The minimum atomic E-state index is 0.725. The number of anilines is 1. The molecule has 0 radical (unpaired) electrons. The highest BCUT2D eigenvalue weighted by atomic mass is 16.1. The molecule has 1 aliphatic rings. The van der Waals surface area contributed by atoms with E-state index in [1.54, 1.807) is 0 Å². The summed E-state index contributed by atoms with van der Waals surface area (Å²) in [5, 5.41) is 6.35. The summed E-state index contributed by atoms with van der Waals surface area (Å²) in [6.07, 6.45) is 0.865. The Hall–Kier alpha value is -1.35. The Morgan fingerprint density at radius 1 is 1.42 bits per heavy atom. The van der Waals surface area contributed by atoms with E-state index in [1.165, 1.54) is 5.56 Å². The van der Waals surface area contributed by atoms with Gasteiger partial charge < -0.3 is 5.32 Å². The average molecular weight is 162 g/mol. The van der Waals surface area contributed by atoms with Gasteiger partial charge in [-0.15, -0.1) is 0 Å². The third-order valence-corrected chi connectivity index (χ3v) is 1.99.